The standard InChI is InChI=1S/C11H19NO/c1-3-5-7-9-11(12-13)10-8-6-4-2/h3-4,13H,1-2,5-10H2. The maximum atomic E-state index is 8.66. The lowest BCUT2D eigenvalue weighted by molar-refractivity contribution is 0.315. The van der Waals surface area contributed by atoms with Gasteiger partial charge in [0.05, 0.1) is 5.71 Å². The first-order chi connectivity index (χ1) is 6.35. The minimum absolute atomic E-state index is 0.875. The first kappa shape index (κ1) is 11.9. The molecule has 0 fully saturated rings. The van der Waals surface area contributed by atoms with E-state index in [9.17, 15) is 0 Å². The predicted octanol–water partition coefficient (Wildman–Crippen LogP) is 3.53. The lowest BCUT2D eigenvalue weighted by Crippen LogP contribution is -1.98. The summed E-state index contributed by atoms with van der Waals surface area (Å²) >= 11 is 0. The molecule has 0 radical (unpaired) electrons. The van der Waals surface area contributed by atoms with E-state index < -0.39 is 0 Å². The van der Waals surface area contributed by atoms with Crippen molar-refractivity contribution in [2.45, 2.75) is 38.5 Å². The first-order valence-electron chi connectivity index (χ1n) is 4.76. The van der Waals surface area contributed by atoms with Crippen LogP contribution in [0.3, 0.4) is 0 Å². The fourth-order valence-corrected chi connectivity index (χ4v) is 1.13. The number of rotatable bonds is 8. The Hall–Kier alpha value is -1.05. The molecule has 0 amide bonds. The Kier molecular flexibility index (Phi) is 8.31. The second-order valence-electron chi connectivity index (χ2n) is 3.03. The Balaban J connectivity index is 3.52. The predicted molar refractivity (Wildman–Crippen MR) is 57.3 cm³/mol. The van der Waals surface area contributed by atoms with E-state index >= 15 is 0 Å². The summed E-state index contributed by atoms with van der Waals surface area (Å²) in [5.41, 5.74) is 0.892. The molecule has 0 rings (SSSR count). The minimum atomic E-state index is 0.875. The van der Waals surface area contributed by atoms with Gasteiger partial charge in [-0.1, -0.05) is 17.3 Å². The molecule has 74 valence electrons. The summed E-state index contributed by atoms with van der Waals surface area (Å²) in [6, 6.07) is 0. The first-order valence-corrected chi connectivity index (χ1v) is 4.76. The third-order valence-corrected chi connectivity index (χ3v) is 1.89. The van der Waals surface area contributed by atoms with Crippen LogP contribution in [0.15, 0.2) is 30.5 Å². The smallest absolute Gasteiger partial charge is 0.0571 e. The van der Waals surface area contributed by atoms with Crippen molar-refractivity contribution in [3.63, 3.8) is 0 Å². The van der Waals surface area contributed by atoms with Crippen molar-refractivity contribution in [3.05, 3.63) is 25.3 Å². The Morgan fingerprint density at radius 2 is 1.54 bits per heavy atom. The van der Waals surface area contributed by atoms with E-state index in [4.69, 9.17) is 5.21 Å². The Bertz CT molecular complexity index is 157. The van der Waals surface area contributed by atoms with Crippen LogP contribution in [-0.4, -0.2) is 10.9 Å². The molecule has 0 spiro atoms. The van der Waals surface area contributed by atoms with E-state index in [1.807, 2.05) is 12.2 Å². The molecule has 0 aromatic rings. The maximum absolute atomic E-state index is 8.66. The van der Waals surface area contributed by atoms with Crippen LogP contribution < -0.4 is 0 Å². The van der Waals surface area contributed by atoms with E-state index in [0.717, 1.165) is 44.2 Å². The zero-order valence-electron chi connectivity index (χ0n) is 8.21. The fourth-order valence-electron chi connectivity index (χ4n) is 1.13. The van der Waals surface area contributed by atoms with Crippen molar-refractivity contribution in [2.24, 2.45) is 5.16 Å². The summed E-state index contributed by atoms with van der Waals surface area (Å²) in [4.78, 5) is 0. The summed E-state index contributed by atoms with van der Waals surface area (Å²) in [6.45, 7) is 7.29. The molecule has 0 aliphatic carbocycles. The molecule has 0 aromatic heterocycles. The van der Waals surface area contributed by atoms with Gasteiger partial charge in [0.25, 0.3) is 0 Å². The van der Waals surface area contributed by atoms with Crippen molar-refractivity contribution in [2.75, 3.05) is 0 Å². The van der Waals surface area contributed by atoms with Gasteiger partial charge in [-0.2, -0.15) is 0 Å². The summed E-state index contributed by atoms with van der Waals surface area (Å²) in [6.07, 6.45) is 9.55. The van der Waals surface area contributed by atoms with Gasteiger partial charge in [0.15, 0.2) is 0 Å². The van der Waals surface area contributed by atoms with Gasteiger partial charge >= 0.3 is 0 Å². The van der Waals surface area contributed by atoms with Crippen molar-refractivity contribution < 1.29 is 5.21 Å². The van der Waals surface area contributed by atoms with Gasteiger partial charge in [-0.15, -0.1) is 13.2 Å². The van der Waals surface area contributed by atoms with Gasteiger partial charge in [-0.25, -0.2) is 0 Å². The molecule has 13 heavy (non-hydrogen) atoms. The monoisotopic (exact) mass is 181 g/mol. The van der Waals surface area contributed by atoms with Crippen LogP contribution in [0.25, 0.3) is 0 Å². The average molecular weight is 181 g/mol. The molecular weight excluding hydrogens is 162 g/mol. The molecule has 0 saturated carbocycles. The topological polar surface area (TPSA) is 32.6 Å². The minimum Gasteiger partial charge on any atom is -0.411 e. The summed E-state index contributed by atoms with van der Waals surface area (Å²) in [7, 11) is 0. The third kappa shape index (κ3) is 7.32. The van der Waals surface area contributed by atoms with Crippen LogP contribution in [0.4, 0.5) is 0 Å². The van der Waals surface area contributed by atoms with Gasteiger partial charge in [-0.3, -0.25) is 0 Å². The number of hydrogen-bond acceptors (Lipinski definition) is 2. The summed E-state index contributed by atoms with van der Waals surface area (Å²) in [5.74, 6) is 0. The van der Waals surface area contributed by atoms with Crippen LogP contribution in [0, 0.1) is 0 Å². The van der Waals surface area contributed by atoms with Crippen LogP contribution in [-0.2, 0) is 0 Å². The lowest BCUT2D eigenvalue weighted by atomic mass is 10.1. The van der Waals surface area contributed by atoms with E-state index in [-0.39, 0.29) is 0 Å². The highest BCUT2D eigenvalue weighted by Gasteiger charge is 1.98. The summed E-state index contributed by atoms with van der Waals surface area (Å²) < 4.78 is 0. The van der Waals surface area contributed by atoms with Crippen LogP contribution >= 0.6 is 0 Å². The second-order valence-corrected chi connectivity index (χ2v) is 3.03. The molecule has 1 N–H and O–H groups in total. The molecule has 0 atom stereocenters. The third-order valence-electron chi connectivity index (χ3n) is 1.89. The van der Waals surface area contributed by atoms with E-state index in [2.05, 4.69) is 18.3 Å². The summed E-state index contributed by atoms with van der Waals surface area (Å²) in [5, 5.41) is 11.9. The second kappa shape index (κ2) is 9.04. The largest absolute Gasteiger partial charge is 0.411 e. The molecule has 0 aliphatic heterocycles. The highest BCUT2D eigenvalue weighted by molar-refractivity contribution is 5.83. The van der Waals surface area contributed by atoms with Crippen molar-refractivity contribution in [1.82, 2.24) is 0 Å². The van der Waals surface area contributed by atoms with Gasteiger partial charge < -0.3 is 5.21 Å². The quantitative estimate of drug-likeness (QED) is 0.201. The van der Waals surface area contributed by atoms with Gasteiger partial charge in [0.1, 0.15) is 0 Å². The zero-order chi connectivity index (χ0) is 9.94. The molecule has 0 saturated heterocycles. The lowest BCUT2D eigenvalue weighted by Gasteiger charge is -2.01. The molecule has 2 nitrogen and oxygen atoms in total. The van der Waals surface area contributed by atoms with Crippen molar-refractivity contribution in [3.8, 4) is 0 Å². The Morgan fingerprint density at radius 1 is 1.08 bits per heavy atom. The normalized spacial score (nSPS) is 9.23. The number of unbranched alkanes of at least 4 members (excludes halogenated alkanes) is 2. The number of hydrogen-bond donors (Lipinski definition) is 1. The van der Waals surface area contributed by atoms with E-state index in [0.29, 0.717) is 0 Å². The average Bonchev–Trinajstić information content (AvgIpc) is 2.16. The zero-order valence-corrected chi connectivity index (χ0v) is 8.21. The molecule has 0 bridgehead atoms. The van der Waals surface area contributed by atoms with Gasteiger partial charge in [0.2, 0.25) is 0 Å². The van der Waals surface area contributed by atoms with Crippen molar-refractivity contribution in [1.29, 1.82) is 0 Å². The molecular formula is C11H19NO. The maximum Gasteiger partial charge on any atom is 0.0571 e. The van der Waals surface area contributed by atoms with Crippen LogP contribution in [0.5, 0.6) is 0 Å². The van der Waals surface area contributed by atoms with E-state index in [1.54, 1.807) is 0 Å². The number of nitrogens with zero attached hydrogens (tertiary/aromatic N) is 1. The van der Waals surface area contributed by atoms with Gasteiger partial charge in [0, 0.05) is 0 Å². The van der Waals surface area contributed by atoms with Gasteiger partial charge in [-0.05, 0) is 38.5 Å². The highest BCUT2D eigenvalue weighted by atomic mass is 16.4. The molecule has 0 heterocycles. The Morgan fingerprint density at radius 3 is 1.85 bits per heavy atom. The number of oxime groups is 1. The highest BCUT2D eigenvalue weighted by Crippen LogP contribution is 2.05. The molecule has 0 aromatic carbocycles. The molecule has 2 heteroatoms. The van der Waals surface area contributed by atoms with Crippen LogP contribution in [0.2, 0.25) is 0 Å². The number of allylic oxidation sites excluding steroid dienone is 2. The molecule has 0 aliphatic rings. The molecule has 0 unspecified atom stereocenters. The fraction of sp³-hybridized carbons (Fsp3) is 0.545. The van der Waals surface area contributed by atoms with Crippen LogP contribution in [0.1, 0.15) is 38.5 Å². The Labute approximate surface area is 80.7 Å². The van der Waals surface area contributed by atoms with E-state index in [1.165, 1.54) is 0 Å². The van der Waals surface area contributed by atoms with Crippen molar-refractivity contribution >= 4 is 5.71 Å². The SMILES string of the molecule is C=CCCCC(CCCC=C)=NO.